The van der Waals surface area contributed by atoms with Crippen LogP contribution < -0.4 is 10.2 Å². The molecule has 128 valence electrons. The Morgan fingerprint density at radius 2 is 1.83 bits per heavy atom. The molecule has 2 heterocycles. The first-order valence-electron chi connectivity index (χ1n) is 7.68. The summed E-state index contributed by atoms with van der Waals surface area (Å²) in [7, 11) is 0.699. The van der Waals surface area contributed by atoms with E-state index in [-0.39, 0.29) is 17.0 Å². The summed E-state index contributed by atoms with van der Waals surface area (Å²) in [6.07, 6.45) is 1.41. The van der Waals surface area contributed by atoms with Crippen LogP contribution in [-0.2, 0) is 15.9 Å². The van der Waals surface area contributed by atoms with Gasteiger partial charge in [-0.25, -0.2) is 14.4 Å². The van der Waals surface area contributed by atoms with Crippen LogP contribution in [0.25, 0.3) is 11.0 Å². The van der Waals surface area contributed by atoms with Crippen LogP contribution in [0.1, 0.15) is 33.3 Å². The van der Waals surface area contributed by atoms with Gasteiger partial charge in [-0.2, -0.15) is 0 Å². The Hall–Kier alpha value is -1.77. The van der Waals surface area contributed by atoms with Crippen molar-refractivity contribution in [1.29, 1.82) is 0 Å². The fraction of sp³-hybridized carbons (Fsp3) is 0.500. The largest absolute Gasteiger partial charge is 0.497 e. The lowest BCUT2D eigenvalue weighted by Gasteiger charge is -2.32. The average molecular weight is 334 g/mol. The summed E-state index contributed by atoms with van der Waals surface area (Å²) in [6.45, 7) is 7.26. The van der Waals surface area contributed by atoms with Gasteiger partial charge in [0.1, 0.15) is 5.52 Å². The van der Waals surface area contributed by atoms with E-state index in [4.69, 9.17) is 14.0 Å². The molecule has 0 atom stereocenters. The van der Waals surface area contributed by atoms with Crippen molar-refractivity contribution in [2.75, 3.05) is 7.11 Å². The standard InChI is InChI=1S/C16H20BFN2O4/c1-15(2)16(3,4)24-17(23-15)10-6-9(8-21)12(18)14-13(10)19-7-11(20-14)22-5/h6-7,21H,8H2,1-5H3. The van der Waals surface area contributed by atoms with Gasteiger partial charge >= 0.3 is 7.12 Å². The number of rotatable bonds is 3. The van der Waals surface area contributed by atoms with Gasteiger partial charge in [0.2, 0.25) is 5.88 Å². The lowest BCUT2D eigenvalue weighted by Crippen LogP contribution is -2.41. The van der Waals surface area contributed by atoms with Gasteiger partial charge in [0.05, 0.1) is 36.6 Å². The highest BCUT2D eigenvalue weighted by Gasteiger charge is 2.52. The zero-order valence-electron chi connectivity index (χ0n) is 14.4. The van der Waals surface area contributed by atoms with Crippen molar-refractivity contribution in [3.8, 4) is 5.88 Å². The minimum atomic E-state index is -0.730. The Balaban J connectivity index is 2.20. The lowest BCUT2D eigenvalue weighted by molar-refractivity contribution is 0.00578. The number of hydrogen-bond acceptors (Lipinski definition) is 6. The second kappa shape index (κ2) is 5.65. The molecule has 0 aliphatic carbocycles. The van der Waals surface area contributed by atoms with Gasteiger partial charge in [0, 0.05) is 11.0 Å². The highest BCUT2D eigenvalue weighted by molar-refractivity contribution is 6.65. The van der Waals surface area contributed by atoms with Crippen LogP contribution in [0.5, 0.6) is 5.88 Å². The third kappa shape index (κ3) is 2.55. The van der Waals surface area contributed by atoms with Gasteiger partial charge in [-0.1, -0.05) is 6.07 Å². The van der Waals surface area contributed by atoms with E-state index >= 15 is 0 Å². The minimum absolute atomic E-state index is 0.0191. The fourth-order valence-corrected chi connectivity index (χ4v) is 2.57. The number of hydrogen-bond donors (Lipinski definition) is 1. The quantitative estimate of drug-likeness (QED) is 0.859. The monoisotopic (exact) mass is 334 g/mol. The van der Waals surface area contributed by atoms with E-state index in [2.05, 4.69) is 9.97 Å². The molecule has 3 rings (SSSR count). The zero-order valence-corrected chi connectivity index (χ0v) is 14.4. The number of benzene rings is 1. The van der Waals surface area contributed by atoms with Crippen molar-refractivity contribution in [1.82, 2.24) is 9.97 Å². The number of ether oxygens (including phenoxy) is 1. The number of aliphatic hydroxyl groups excluding tert-OH is 1. The molecule has 1 saturated heterocycles. The molecule has 1 aromatic heterocycles. The molecule has 0 bridgehead atoms. The van der Waals surface area contributed by atoms with Gasteiger partial charge in [-0.05, 0) is 27.7 Å². The summed E-state index contributed by atoms with van der Waals surface area (Å²) in [5, 5.41) is 9.48. The lowest BCUT2D eigenvalue weighted by atomic mass is 9.77. The van der Waals surface area contributed by atoms with Gasteiger partial charge in [0.15, 0.2) is 5.82 Å². The molecule has 0 saturated carbocycles. The van der Waals surface area contributed by atoms with Gasteiger partial charge in [-0.15, -0.1) is 0 Å². The molecule has 0 radical (unpaired) electrons. The minimum Gasteiger partial charge on any atom is -0.480 e. The smallest absolute Gasteiger partial charge is 0.480 e. The van der Waals surface area contributed by atoms with Crippen molar-refractivity contribution >= 4 is 23.6 Å². The number of aliphatic hydroxyl groups is 1. The number of halogens is 1. The van der Waals surface area contributed by atoms with E-state index in [0.717, 1.165) is 0 Å². The molecule has 1 aliphatic heterocycles. The molecule has 24 heavy (non-hydrogen) atoms. The molecular weight excluding hydrogens is 314 g/mol. The number of fused-ring (bicyclic) bond motifs is 1. The van der Waals surface area contributed by atoms with E-state index in [1.165, 1.54) is 19.4 Å². The Kier molecular flexibility index (Phi) is 4.02. The van der Waals surface area contributed by atoms with E-state index in [1.807, 2.05) is 27.7 Å². The summed E-state index contributed by atoms with van der Waals surface area (Å²) in [5.74, 6) is -0.435. The molecule has 8 heteroatoms. The van der Waals surface area contributed by atoms with E-state index < -0.39 is 30.7 Å². The van der Waals surface area contributed by atoms with Crippen molar-refractivity contribution in [2.24, 2.45) is 0 Å². The van der Waals surface area contributed by atoms with Crippen LogP contribution in [0, 0.1) is 5.82 Å². The first kappa shape index (κ1) is 17.1. The van der Waals surface area contributed by atoms with Gasteiger partial charge in [-0.3, -0.25) is 0 Å². The van der Waals surface area contributed by atoms with Crippen LogP contribution in [0.3, 0.4) is 0 Å². The third-order valence-electron chi connectivity index (χ3n) is 4.73. The first-order valence-corrected chi connectivity index (χ1v) is 7.68. The third-order valence-corrected chi connectivity index (χ3v) is 4.73. The molecule has 0 unspecified atom stereocenters. The van der Waals surface area contributed by atoms with Crippen LogP contribution in [-0.4, -0.2) is 40.5 Å². The normalized spacial score (nSPS) is 19.0. The highest BCUT2D eigenvalue weighted by Crippen LogP contribution is 2.37. The van der Waals surface area contributed by atoms with Crippen molar-refractivity contribution in [3.63, 3.8) is 0 Å². The molecule has 1 aromatic carbocycles. The molecule has 2 aromatic rings. The first-order chi connectivity index (χ1) is 11.2. The number of methoxy groups -OCH3 is 1. The van der Waals surface area contributed by atoms with Crippen molar-refractivity contribution < 1.29 is 23.5 Å². The number of nitrogens with zero attached hydrogens (tertiary/aromatic N) is 2. The molecule has 0 amide bonds. The van der Waals surface area contributed by atoms with Gasteiger partial charge < -0.3 is 19.2 Å². The Morgan fingerprint density at radius 1 is 1.21 bits per heavy atom. The predicted molar refractivity (Wildman–Crippen MR) is 87.7 cm³/mol. The summed E-state index contributed by atoms with van der Waals surface area (Å²) in [4.78, 5) is 8.38. The second-order valence-electron chi connectivity index (χ2n) is 6.79. The average Bonchev–Trinajstić information content (AvgIpc) is 2.75. The highest BCUT2D eigenvalue weighted by atomic mass is 19.1. The predicted octanol–water partition coefficient (Wildman–Crippen LogP) is 1.57. The summed E-state index contributed by atoms with van der Waals surface area (Å²) >= 11 is 0. The fourth-order valence-electron chi connectivity index (χ4n) is 2.57. The maximum Gasteiger partial charge on any atom is 0.497 e. The molecule has 1 aliphatic rings. The SMILES string of the molecule is COc1cnc2c(B3OC(C)(C)C(C)(C)O3)cc(CO)c(F)c2n1. The molecule has 6 nitrogen and oxygen atoms in total. The Bertz CT molecular complexity index is 781. The zero-order chi connectivity index (χ0) is 17.7. The summed E-state index contributed by atoms with van der Waals surface area (Å²) in [6, 6.07) is 1.51. The Morgan fingerprint density at radius 3 is 2.38 bits per heavy atom. The maximum absolute atomic E-state index is 14.6. The van der Waals surface area contributed by atoms with E-state index in [0.29, 0.717) is 11.0 Å². The second-order valence-corrected chi connectivity index (χ2v) is 6.79. The van der Waals surface area contributed by atoms with Crippen molar-refractivity contribution in [2.45, 2.75) is 45.5 Å². The molecule has 1 fully saturated rings. The summed E-state index contributed by atoms with van der Waals surface area (Å²) in [5.41, 5.74) is -0.108. The van der Waals surface area contributed by atoms with Crippen LogP contribution >= 0.6 is 0 Å². The van der Waals surface area contributed by atoms with Crippen LogP contribution in [0.4, 0.5) is 4.39 Å². The van der Waals surface area contributed by atoms with E-state index in [9.17, 15) is 9.50 Å². The summed E-state index contributed by atoms with van der Waals surface area (Å²) < 4.78 is 31.6. The Labute approximate surface area is 140 Å². The molecular formula is C16H20BFN2O4. The van der Waals surface area contributed by atoms with Crippen LogP contribution in [0.2, 0.25) is 0 Å². The van der Waals surface area contributed by atoms with Crippen molar-refractivity contribution in [3.05, 3.63) is 23.6 Å². The number of aromatic nitrogens is 2. The van der Waals surface area contributed by atoms with E-state index in [1.54, 1.807) is 0 Å². The topological polar surface area (TPSA) is 73.7 Å². The van der Waals surface area contributed by atoms with Crippen LogP contribution in [0.15, 0.2) is 12.3 Å². The molecule has 1 N–H and O–H groups in total. The van der Waals surface area contributed by atoms with Gasteiger partial charge in [0.25, 0.3) is 0 Å². The maximum atomic E-state index is 14.6. The molecule has 0 spiro atoms.